The van der Waals surface area contributed by atoms with E-state index in [1.807, 2.05) is 6.92 Å². The summed E-state index contributed by atoms with van der Waals surface area (Å²) in [6.07, 6.45) is -2.33. The number of aromatic nitrogens is 6. The van der Waals surface area contributed by atoms with Gasteiger partial charge in [-0.15, -0.1) is 0 Å². The maximum atomic E-state index is 13.2. The molecule has 4 N–H and O–H groups in total. The predicted molar refractivity (Wildman–Crippen MR) is 137 cm³/mol. The van der Waals surface area contributed by atoms with Crippen LogP contribution in [0.4, 0.5) is 24.5 Å². The highest BCUT2D eigenvalue weighted by atomic mass is 19.4. The van der Waals surface area contributed by atoms with Crippen molar-refractivity contribution < 1.29 is 23.0 Å². The van der Waals surface area contributed by atoms with Crippen molar-refractivity contribution >= 4 is 33.7 Å². The van der Waals surface area contributed by atoms with Crippen molar-refractivity contribution in [2.45, 2.75) is 31.5 Å². The maximum Gasteiger partial charge on any atom is 0.416 e. The molecule has 204 valence electrons. The fourth-order valence-electron chi connectivity index (χ4n) is 4.88. The van der Waals surface area contributed by atoms with Crippen molar-refractivity contribution in [3.63, 3.8) is 0 Å². The number of hydrogen-bond donors (Lipinski definition) is 4. The van der Waals surface area contributed by atoms with Crippen LogP contribution in [0.25, 0.3) is 22.3 Å². The van der Waals surface area contributed by atoms with Gasteiger partial charge in [0.1, 0.15) is 17.3 Å². The normalized spacial score (nSPS) is 20.6. The van der Waals surface area contributed by atoms with Gasteiger partial charge < -0.3 is 30.4 Å². The zero-order valence-electron chi connectivity index (χ0n) is 21.1. The van der Waals surface area contributed by atoms with E-state index in [2.05, 4.69) is 30.7 Å². The average Bonchev–Trinajstić information content (AvgIpc) is 3.50. The molecule has 3 aromatic heterocycles. The average molecular weight is 542 g/mol. The first-order chi connectivity index (χ1) is 18.7. The van der Waals surface area contributed by atoms with Crippen molar-refractivity contribution in [3.05, 3.63) is 60.2 Å². The van der Waals surface area contributed by atoms with Crippen LogP contribution in [0.15, 0.2) is 42.9 Å². The number of benzene rings is 1. The molecule has 0 radical (unpaired) electrons. The zero-order valence-corrected chi connectivity index (χ0v) is 21.1. The first-order valence-electron chi connectivity index (χ1n) is 12.4. The summed E-state index contributed by atoms with van der Waals surface area (Å²) in [5.41, 5.74) is 4.05. The molecule has 4 aromatic rings. The summed E-state index contributed by atoms with van der Waals surface area (Å²) in [4.78, 5) is 18.2. The van der Waals surface area contributed by atoms with Gasteiger partial charge in [-0.2, -0.15) is 18.3 Å². The molecule has 1 aromatic carbocycles. The molecule has 2 aliphatic rings. The van der Waals surface area contributed by atoms with Crippen molar-refractivity contribution in [3.8, 4) is 0 Å². The first-order valence-corrected chi connectivity index (χ1v) is 12.4. The molecule has 11 nitrogen and oxygen atoms in total. The van der Waals surface area contributed by atoms with Crippen LogP contribution in [-0.2, 0) is 11.8 Å². The second-order valence-electron chi connectivity index (χ2n) is 9.51. The third-order valence-corrected chi connectivity index (χ3v) is 6.75. The highest BCUT2D eigenvalue weighted by Gasteiger charge is 2.43. The molecule has 0 amide bonds. The number of aliphatic hydroxyl groups is 1. The van der Waals surface area contributed by atoms with Gasteiger partial charge in [0.2, 0.25) is 0 Å². The Labute approximate surface area is 220 Å². The third-order valence-electron chi connectivity index (χ3n) is 6.75. The second-order valence-corrected chi connectivity index (χ2v) is 9.51. The Morgan fingerprint density at radius 1 is 1.23 bits per heavy atom. The SMILES string of the molecule is C[C@H](NC1=C(c2nc3ccc(N4CCO[C@@H](C(F)(F)F)C4)cc3[nH]2)C(O)Nc2cn(C)nc21)c1ncccn1. The number of aryl methyl sites for hydroxylation is 1. The number of alkyl halides is 3. The number of anilines is 2. The van der Waals surface area contributed by atoms with Gasteiger partial charge in [0.05, 0.1) is 47.2 Å². The van der Waals surface area contributed by atoms with Crippen LogP contribution >= 0.6 is 0 Å². The Balaban J connectivity index is 1.39. The van der Waals surface area contributed by atoms with Crippen LogP contribution in [0.2, 0.25) is 0 Å². The summed E-state index contributed by atoms with van der Waals surface area (Å²) >= 11 is 0. The standard InChI is InChI=1S/C25H26F3N9O2/c1-13(22-29-6-3-7-30-22)31-21-19(24(38)34-17-11-36(2)35-20(17)21)23-32-15-5-4-14(10-16(15)33-23)37-8-9-39-18(12-37)25(26,27)28/h3-7,10-11,13,18,24,31,34,38H,8-9,12H2,1-2H3,(H,32,33)/t13-,18+,24?/m0/s1. The van der Waals surface area contributed by atoms with E-state index in [0.717, 1.165) is 0 Å². The molecule has 1 unspecified atom stereocenters. The molecule has 0 aliphatic carbocycles. The molecule has 3 atom stereocenters. The summed E-state index contributed by atoms with van der Waals surface area (Å²) < 4.78 is 46.3. The highest BCUT2D eigenvalue weighted by Crippen LogP contribution is 2.37. The lowest BCUT2D eigenvalue weighted by molar-refractivity contribution is -0.221. The van der Waals surface area contributed by atoms with E-state index in [1.165, 1.54) is 0 Å². The Kier molecular flexibility index (Phi) is 6.14. The minimum atomic E-state index is -4.43. The number of nitrogens with one attached hydrogen (secondary N) is 3. The highest BCUT2D eigenvalue weighted by molar-refractivity contribution is 5.97. The van der Waals surface area contributed by atoms with Gasteiger partial charge in [0.25, 0.3) is 0 Å². The lowest BCUT2D eigenvalue weighted by atomic mass is 10.0. The smallest absolute Gasteiger partial charge is 0.373 e. The quantitative estimate of drug-likeness (QED) is 0.301. The fourth-order valence-corrected chi connectivity index (χ4v) is 4.88. The van der Waals surface area contributed by atoms with Crippen LogP contribution < -0.4 is 15.5 Å². The molecule has 0 bridgehead atoms. The number of aromatic amines is 1. The predicted octanol–water partition coefficient (Wildman–Crippen LogP) is 2.82. The molecular formula is C25H26F3N9O2. The van der Waals surface area contributed by atoms with E-state index < -0.39 is 18.5 Å². The number of halogens is 3. The number of ether oxygens (including phenoxy) is 1. The van der Waals surface area contributed by atoms with Crippen LogP contribution in [0.1, 0.15) is 30.3 Å². The van der Waals surface area contributed by atoms with Gasteiger partial charge in [-0.1, -0.05) is 0 Å². The van der Waals surface area contributed by atoms with Crippen LogP contribution in [0, 0.1) is 0 Å². The van der Waals surface area contributed by atoms with Crippen molar-refractivity contribution in [2.75, 3.05) is 29.9 Å². The number of hydrogen-bond acceptors (Lipinski definition) is 9. The first kappa shape index (κ1) is 25.1. The molecule has 39 heavy (non-hydrogen) atoms. The van der Waals surface area contributed by atoms with Crippen LogP contribution in [0.5, 0.6) is 0 Å². The minimum absolute atomic E-state index is 0.0219. The van der Waals surface area contributed by atoms with Gasteiger partial charge in [0, 0.05) is 37.9 Å². The zero-order chi connectivity index (χ0) is 27.3. The summed E-state index contributed by atoms with van der Waals surface area (Å²) in [6, 6.07) is 6.64. The number of fused-ring (bicyclic) bond motifs is 2. The van der Waals surface area contributed by atoms with Gasteiger partial charge in [-0.25, -0.2) is 15.0 Å². The minimum Gasteiger partial charge on any atom is -0.373 e. The number of imidazole rings is 1. The van der Waals surface area contributed by atoms with Crippen molar-refractivity contribution in [1.29, 1.82) is 0 Å². The number of aliphatic hydroxyl groups excluding tert-OH is 1. The lowest BCUT2D eigenvalue weighted by Crippen LogP contribution is -2.49. The Bertz CT molecular complexity index is 1530. The Hall–Kier alpha value is -4.17. The molecule has 5 heterocycles. The third kappa shape index (κ3) is 4.76. The topological polar surface area (TPSA) is 129 Å². The number of nitrogens with zero attached hydrogens (tertiary/aromatic N) is 6. The lowest BCUT2D eigenvalue weighted by Gasteiger charge is -2.35. The molecule has 0 saturated carbocycles. The van der Waals surface area contributed by atoms with E-state index >= 15 is 0 Å². The van der Waals surface area contributed by atoms with Crippen LogP contribution in [-0.4, -0.2) is 73.0 Å². The van der Waals surface area contributed by atoms with E-state index in [0.29, 0.717) is 57.6 Å². The monoisotopic (exact) mass is 541 g/mol. The molecule has 6 rings (SSSR count). The van der Waals surface area contributed by atoms with E-state index in [1.54, 1.807) is 59.5 Å². The molecular weight excluding hydrogens is 515 g/mol. The summed E-state index contributed by atoms with van der Waals surface area (Å²) in [5, 5.41) is 22.2. The van der Waals surface area contributed by atoms with Crippen molar-refractivity contribution in [1.82, 2.24) is 35.0 Å². The molecule has 14 heteroatoms. The molecule has 2 aliphatic heterocycles. The van der Waals surface area contributed by atoms with Crippen molar-refractivity contribution in [2.24, 2.45) is 7.05 Å². The molecule has 1 saturated heterocycles. The van der Waals surface area contributed by atoms with Crippen LogP contribution in [0.3, 0.4) is 0 Å². The number of morpholine rings is 1. The van der Waals surface area contributed by atoms with Gasteiger partial charge in [-0.3, -0.25) is 4.68 Å². The van der Waals surface area contributed by atoms with E-state index in [4.69, 9.17) is 9.72 Å². The summed E-state index contributed by atoms with van der Waals surface area (Å²) in [6.45, 7) is 1.92. The van der Waals surface area contributed by atoms with Gasteiger partial charge in [-0.05, 0) is 31.2 Å². The number of rotatable bonds is 5. The second kappa shape index (κ2) is 9.54. The molecule has 1 fully saturated rings. The Morgan fingerprint density at radius 2 is 2.03 bits per heavy atom. The fraction of sp³-hybridized carbons (Fsp3) is 0.360. The Morgan fingerprint density at radius 3 is 2.79 bits per heavy atom. The van der Waals surface area contributed by atoms with Gasteiger partial charge >= 0.3 is 6.18 Å². The van der Waals surface area contributed by atoms with E-state index in [-0.39, 0.29) is 19.2 Å². The van der Waals surface area contributed by atoms with E-state index in [9.17, 15) is 18.3 Å². The van der Waals surface area contributed by atoms with Gasteiger partial charge in [0.15, 0.2) is 12.3 Å². The molecule has 0 spiro atoms. The maximum absolute atomic E-state index is 13.2. The summed E-state index contributed by atoms with van der Waals surface area (Å²) in [5.74, 6) is 0.948. The largest absolute Gasteiger partial charge is 0.416 e. The number of H-pyrrole nitrogens is 1. The summed E-state index contributed by atoms with van der Waals surface area (Å²) in [7, 11) is 1.78.